The number of nitrogens with one attached hydrogen (secondary N) is 2. The van der Waals surface area contributed by atoms with Gasteiger partial charge in [0.15, 0.2) is 0 Å². The van der Waals surface area contributed by atoms with E-state index in [9.17, 15) is 14.7 Å². The zero-order valence-corrected chi connectivity index (χ0v) is 15.0. The van der Waals surface area contributed by atoms with E-state index in [1.807, 2.05) is 34.6 Å². The number of ether oxygens (including phenoxy) is 1. The second-order valence-electron chi connectivity index (χ2n) is 7.75. The maximum atomic E-state index is 12.3. The minimum Gasteiger partial charge on any atom is -0.481 e. The summed E-state index contributed by atoms with van der Waals surface area (Å²) in [5.41, 5.74) is -1.36. The van der Waals surface area contributed by atoms with Gasteiger partial charge >= 0.3 is 11.9 Å². The Morgan fingerprint density at radius 2 is 2.09 bits per heavy atom. The van der Waals surface area contributed by atoms with E-state index in [1.54, 1.807) is 0 Å². The molecular formula is C17H32N2O4. The first-order chi connectivity index (χ1) is 11.0. The number of aliphatic carboxylic acids is 1. The van der Waals surface area contributed by atoms with Gasteiger partial charge < -0.3 is 20.5 Å². The highest BCUT2D eigenvalue weighted by Gasteiger charge is 2.40. The molecule has 1 rings (SSSR count). The Labute approximate surface area is 140 Å². The van der Waals surface area contributed by atoms with Gasteiger partial charge in [-0.3, -0.25) is 9.59 Å². The highest BCUT2D eigenvalue weighted by Crippen LogP contribution is 2.31. The molecule has 23 heavy (non-hydrogen) atoms. The van der Waals surface area contributed by atoms with Crippen LogP contribution in [0.1, 0.15) is 53.9 Å². The van der Waals surface area contributed by atoms with E-state index in [1.165, 1.54) is 5.31 Å². The second kappa shape index (κ2) is 8.11. The molecule has 1 aliphatic heterocycles. The lowest BCUT2D eigenvalue weighted by molar-refractivity contribution is -0.159. The van der Waals surface area contributed by atoms with Crippen molar-refractivity contribution >= 4 is 11.9 Å². The molecule has 1 fully saturated rings. The van der Waals surface area contributed by atoms with E-state index in [0.717, 1.165) is 0 Å². The fourth-order valence-corrected chi connectivity index (χ4v) is 2.79. The van der Waals surface area contributed by atoms with Gasteiger partial charge in [-0.25, -0.2) is 0 Å². The van der Waals surface area contributed by atoms with Crippen molar-refractivity contribution in [1.29, 1.82) is 0 Å². The van der Waals surface area contributed by atoms with Gasteiger partial charge in [-0.05, 0) is 59.0 Å². The number of hydrogen-bond acceptors (Lipinski definition) is 5. The normalized spacial score (nSPS) is 24.5. The van der Waals surface area contributed by atoms with Crippen LogP contribution in [0.5, 0.6) is 0 Å². The van der Waals surface area contributed by atoms with Crippen LogP contribution in [0.4, 0.5) is 0 Å². The van der Waals surface area contributed by atoms with E-state index < -0.39 is 23.0 Å². The summed E-state index contributed by atoms with van der Waals surface area (Å²) >= 11 is 0. The van der Waals surface area contributed by atoms with Crippen molar-refractivity contribution in [2.75, 3.05) is 19.6 Å². The van der Waals surface area contributed by atoms with E-state index in [2.05, 4.69) is 5.32 Å². The van der Waals surface area contributed by atoms with Gasteiger partial charge in [0.25, 0.3) is 0 Å². The van der Waals surface area contributed by atoms with Gasteiger partial charge in [0.05, 0.1) is 5.41 Å². The van der Waals surface area contributed by atoms with Crippen molar-refractivity contribution in [1.82, 2.24) is 10.6 Å². The second-order valence-corrected chi connectivity index (χ2v) is 7.75. The fraction of sp³-hybridized carbons (Fsp3) is 0.882. The molecule has 0 aliphatic carbocycles. The van der Waals surface area contributed by atoms with Gasteiger partial charge in [0, 0.05) is 6.54 Å². The third kappa shape index (κ3) is 6.11. The molecule has 2 atom stereocenters. The number of carboxylic acid groups (broad SMARTS) is 1. The first-order valence-corrected chi connectivity index (χ1v) is 8.40. The Morgan fingerprint density at radius 1 is 1.43 bits per heavy atom. The summed E-state index contributed by atoms with van der Waals surface area (Å²) in [5, 5.41) is 14.0. The van der Waals surface area contributed by atoms with Crippen LogP contribution in [0.25, 0.3) is 0 Å². The van der Waals surface area contributed by atoms with Crippen LogP contribution in [0, 0.1) is 11.3 Å². The summed E-state index contributed by atoms with van der Waals surface area (Å²) in [4.78, 5) is 23.8. The monoisotopic (exact) mass is 330 g/mol. The molecule has 1 aliphatic rings. The van der Waals surface area contributed by atoms with Crippen molar-refractivity contribution in [3.63, 3.8) is 0 Å². The van der Waals surface area contributed by atoms with Crippen LogP contribution in [0.15, 0.2) is 0 Å². The van der Waals surface area contributed by atoms with Crippen molar-refractivity contribution < 1.29 is 20.8 Å². The van der Waals surface area contributed by atoms with Crippen molar-refractivity contribution in [2.24, 2.45) is 11.3 Å². The van der Waals surface area contributed by atoms with E-state index in [-0.39, 0.29) is 18.4 Å². The lowest BCUT2D eigenvalue weighted by Crippen LogP contribution is -2.45. The average molecular weight is 330 g/mol. The largest absolute Gasteiger partial charge is 0.481 e. The summed E-state index contributed by atoms with van der Waals surface area (Å²) in [6, 6.07) is -0.402. The lowest BCUT2D eigenvalue weighted by Gasteiger charge is -2.27. The predicted molar refractivity (Wildman–Crippen MR) is 89.3 cm³/mol. The van der Waals surface area contributed by atoms with E-state index in [4.69, 9.17) is 6.15 Å². The summed E-state index contributed by atoms with van der Waals surface area (Å²) in [6.07, 6.45) is 1.65. The number of carbonyl (C=O) groups excluding carboxylic acids is 1. The molecule has 6 heteroatoms. The Morgan fingerprint density at radius 3 is 2.52 bits per heavy atom. The van der Waals surface area contributed by atoms with Gasteiger partial charge in [-0.15, -0.1) is 0 Å². The molecule has 134 valence electrons. The summed E-state index contributed by atoms with van der Waals surface area (Å²) < 4.78 is 13.1. The average Bonchev–Trinajstić information content (AvgIpc) is 2.78. The first-order valence-electron chi connectivity index (χ1n) is 8.85. The van der Waals surface area contributed by atoms with Gasteiger partial charge in [-0.1, -0.05) is 13.8 Å². The number of rotatable bonds is 8. The molecule has 1 saturated heterocycles. The number of esters is 1. The Hall–Kier alpha value is -1.14. The highest BCUT2D eigenvalue weighted by molar-refractivity contribution is 5.76. The number of carboxylic acids is 1. The minimum absolute atomic E-state index is 0.0866. The highest BCUT2D eigenvalue weighted by atomic mass is 16.6. The first kappa shape index (κ1) is 18.2. The molecular weight excluding hydrogens is 296 g/mol. The molecule has 0 spiro atoms. The van der Waals surface area contributed by atoms with E-state index >= 15 is 0 Å². The maximum Gasteiger partial charge on any atom is 0.323 e. The summed E-state index contributed by atoms with van der Waals surface area (Å²) in [7, 11) is 0. The third-order valence-corrected chi connectivity index (χ3v) is 4.14. The summed E-state index contributed by atoms with van der Waals surface area (Å²) in [5.74, 6) is -1.02. The van der Waals surface area contributed by atoms with Crippen LogP contribution >= 0.6 is 0 Å². The van der Waals surface area contributed by atoms with Gasteiger partial charge in [-0.2, -0.15) is 0 Å². The lowest BCUT2D eigenvalue weighted by atomic mass is 9.82. The van der Waals surface area contributed by atoms with Crippen molar-refractivity contribution in [3.8, 4) is 0 Å². The van der Waals surface area contributed by atoms with Crippen LogP contribution in [-0.2, 0) is 14.3 Å². The molecule has 6 nitrogen and oxygen atoms in total. The van der Waals surface area contributed by atoms with Crippen LogP contribution in [-0.4, -0.2) is 48.3 Å². The molecule has 0 saturated carbocycles. The van der Waals surface area contributed by atoms with Crippen molar-refractivity contribution in [3.05, 3.63) is 0 Å². The molecule has 1 heterocycles. The van der Waals surface area contributed by atoms with Crippen LogP contribution in [0.3, 0.4) is 0 Å². The van der Waals surface area contributed by atoms with Crippen LogP contribution < -0.4 is 10.6 Å². The molecule has 0 amide bonds. The zero-order chi connectivity index (χ0) is 18.5. The molecule has 3 N–H and O–H groups in total. The van der Waals surface area contributed by atoms with Crippen molar-refractivity contribution in [2.45, 2.75) is 65.5 Å². The molecule has 0 aromatic heterocycles. The Balaban J connectivity index is 2.51. The smallest absolute Gasteiger partial charge is 0.323 e. The minimum atomic E-state index is -0.831. The molecule has 0 bridgehead atoms. The third-order valence-electron chi connectivity index (χ3n) is 4.14. The molecule has 0 aromatic rings. The molecule has 0 radical (unpaired) electrons. The fourth-order valence-electron chi connectivity index (χ4n) is 2.79. The van der Waals surface area contributed by atoms with Crippen LogP contribution in [0.2, 0.25) is 1.41 Å². The predicted octanol–water partition coefficient (Wildman–Crippen LogP) is 1.79. The number of hydrogen-bond donors (Lipinski definition) is 3. The molecule has 0 aromatic carbocycles. The topological polar surface area (TPSA) is 87.7 Å². The standard InChI is InChI=1S/C17H32N2O4/c1-12(2)13(14(20)23-16(3,4)5)19-9-6-7-17(15(21)22)8-10-18-11-17/h12-13,18-19H,6-11H2,1-5H3,(H,21,22)/t13-,17?/m0/s1/i/hT. The van der Waals surface area contributed by atoms with Gasteiger partial charge in [0.1, 0.15) is 13.1 Å². The quantitative estimate of drug-likeness (QED) is 0.464. The zero-order valence-electron chi connectivity index (χ0n) is 16.0. The SMILES string of the molecule is [3H]N1CCC(CCCN[C@H](C(=O)OC(C)(C)C)C(C)C)(C(=O)O)C1. The maximum absolute atomic E-state index is 12.3. The van der Waals surface area contributed by atoms with E-state index in [0.29, 0.717) is 32.4 Å². The summed E-state index contributed by atoms with van der Waals surface area (Å²) in [6.45, 7) is 10.7. The number of carbonyl (C=O) groups is 2. The Bertz CT molecular complexity index is 450. The Kier molecular flexibility index (Phi) is 6.41. The molecule has 1 unspecified atom stereocenters. The van der Waals surface area contributed by atoms with Gasteiger partial charge in [0.2, 0.25) is 0 Å².